The molecule has 2 rings (SSSR count). The number of benzene rings is 1. The third kappa shape index (κ3) is 3.36. The lowest BCUT2D eigenvalue weighted by atomic mass is 9.93. The zero-order valence-electron chi connectivity index (χ0n) is 10.6. The highest BCUT2D eigenvalue weighted by molar-refractivity contribution is 6.30. The molecule has 1 aliphatic heterocycles. The molecule has 2 N–H and O–H groups in total. The van der Waals surface area contributed by atoms with Crippen molar-refractivity contribution in [2.24, 2.45) is 5.92 Å². The van der Waals surface area contributed by atoms with Crippen molar-refractivity contribution in [2.75, 3.05) is 12.3 Å². The van der Waals surface area contributed by atoms with Gasteiger partial charge in [0.2, 0.25) is 0 Å². The Morgan fingerprint density at radius 2 is 2.12 bits per heavy atom. The molecule has 1 aliphatic rings. The van der Waals surface area contributed by atoms with E-state index in [0.29, 0.717) is 6.04 Å². The first-order chi connectivity index (χ1) is 8.04. The van der Waals surface area contributed by atoms with Crippen LogP contribution in [0.15, 0.2) is 18.2 Å². The summed E-state index contributed by atoms with van der Waals surface area (Å²) in [5, 5.41) is 0.734. The molecule has 0 bridgehead atoms. The number of piperidine rings is 1. The van der Waals surface area contributed by atoms with Crippen LogP contribution in [0.4, 0.5) is 5.69 Å². The fourth-order valence-electron chi connectivity index (χ4n) is 2.69. The Balaban J connectivity index is 2.05. The van der Waals surface area contributed by atoms with Crippen molar-refractivity contribution in [1.29, 1.82) is 0 Å². The summed E-state index contributed by atoms with van der Waals surface area (Å²) in [6.07, 6.45) is 2.58. The number of hydrogen-bond acceptors (Lipinski definition) is 2. The fourth-order valence-corrected chi connectivity index (χ4v) is 2.96. The quantitative estimate of drug-likeness (QED) is 0.816. The molecule has 0 radical (unpaired) electrons. The summed E-state index contributed by atoms with van der Waals surface area (Å²) in [4.78, 5) is 2.52. The zero-order valence-corrected chi connectivity index (χ0v) is 11.4. The Morgan fingerprint density at radius 3 is 2.76 bits per heavy atom. The second-order valence-electron chi connectivity index (χ2n) is 5.34. The molecule has 17 heavy (non-hydrogen) atoms. The average molecular weight is 253 g/mol. The highest BCUT2D eigenvalue weighted by Crippen LogP contribution is 2.25. The first-order valence-electron chi connectivity index (χ1n) is 6.33. The van der Waals surface area contributed by atoms with Crippen LogP contribution in [-0.4, -0.2) is 17.5 Å². The Labute approximate surface area is 109 Å². The molecular weight excluding hydrogens is 232 g/mol. The first kappa shape index (κ1) is 12.7. The van der Waals surface area contributed by atoms with Crippen LogP contribution in [0.25, 0.3) is 0 Å². The number of nitrogens with zero attached hydrogens (tertiary/aromatic N) is 1. The van der Waals surface area contributed by atoms with Crippen molar-refractivity contribution in [3.05, 3.63) is 28.8 Å². The highest BCUT2D eigenvalue weighted by atomic mass is 35.5. The van der Waals surface area contributed by atoms with Crippen LogP contribution in [0.5, 0.6) is 0 Å². The van der Waals surface area contributed by atoms with Crippen molar-refractivity contribution in [1.82, 2.24) is 4.90 Å². The first-order valence-corrected chi connectivity index (χ1v) is 6.71. The van der Waals surface area contributed by atoms with Crippen molar-refractivity contribution in [3.8, 4) is 0 Å². The van der Waals surface area contributed by atoms with Gasteiger partial charge in [-0.05, 0) is 56.0 Å². The van der Waals surface area contributed by atoms with Crippen LogP contribution in [0.1, 0.15) is 32.3 Å². The number of anilines is 1. The highest BCUT2D eigenvalue weighted by Gasteiger charge is 2.22. The van der Waals surface area contributed by atoms with Gasteiger partial charge in [-0.15, -0.1) is 0 Å². The molecule has 94 valence electrons. The predicted molar refractivity (Wildman–Crippen MR) is 74.1 cm³/mol. The number of hydrogen-bond donors (Lipinski definition) is 1. The molecule has 2 atom stereocenters. The maximum Gasteiger partial charge on any atom is 0.0429 e. The zero-order chi connectivity index (χ0) is 12.4. The third-order valence-corrected chi connectivity index (χ3v) is 3.86. The Kier molecular flexibility index (Phi) is 3.95. The molecule has 2 nitrogen and oxygen atoms in total. The minimum Gasteiger partial charge on any atom is -0.399 e. The Bertz CT molecular complexity index is 372. The molecule has 2 unspecified atom stereocenters. The van der Waals surface area contributed by atoms with Crippen molar-refractivity contribution in [2.45, 2.75) is 39.3 Å². The molecule has 0 amide bonds. The van der Waals surface area contributed by atoms with Crippen molar-refractivity contribution < 1.29 is 0 Å². The van der Waals surface area contributed by atoms with E-state index in [1.807, 2.05) is 12.1 Å². The second-order valence-corrected chi connectivity index (χ2v) is 5.78. The molecule has 0 aromatic heterocycles. The fraction of sp³-hybridized carbons (Fsp3) is 0.571. The molecule has 3 heteroatoms. The summed E-state index contributed by atoms with van der Waals surface area (Å²) >= 11 is 6.03. The second kappa shape index (κ2) is 5.28. The van der Waals surface area contributed by atoms with Gasteiger partial charge in [-0.2, -0.15) is 0 Å². The van der Waals surface area contributed by atoms with Crippen LogP contribution in [0.2, 0.25) is 5.02 Å². The van der Waals surface area contributed by atoms with E-state index < -0.39 is 0 Å². The van der Waals surface area contributed by atoms with E-state index in [0.717, 1.165) is 23.2 Å². The number of nitrogen functional groups attached to an aromatic ring is 1. The van der Waals surface area contributed by atoms with E-state index in [2.05, 4.69) is 18.7 Å². The molecule has 1 heterocycles. The van der Waals surface area contributed by atoms with Gasteiger partial charge in [0.25, 0.3) is 0 Å². The lowest BCUT2D eigenvalue weighted by Crippen LogP contribution is -2.39. The smallest absolute Gasteiger partial charge is 0.0429 e. The summed E-state index contributed by atoms with van der Waals surface area (Å²) in [5.41, 5.74) is 7.79. The Hall–Kier alpha value is -0.730. The molecule has 1 aromatic carbocycles. The van der Waals surface area contributed by atoms with E-state index in [4.69, 9.17) is 17.3 Å². The lowest BCUT2D eigenvalue weighted by Gasteiger charge is -2.36. The lowest BCUT2D eigenvalue weighted by molar-refractivity contribution is 0.122. The minimum atomic E-state index is 0.652. The molecule has 1 saturated heterocycles. The standard InChI is InChI=1S/C14H21ClN2/c1-10-3-4-17(11(2)5-10)9-12-6-13(15)8-14(16)7-12/h6-8,10-11H,3-5,9,16H2,1-2H3. The van der Waals surface area contributed by atoms with Gasteiger partial charge < -0.3 is 5.73 Å². The third-order valence-electron chi connectivity index (χ3n) is 3.64. The van der Waals surface area contributed by atoms with Gasteiger partial charge >= 0.3 is 0 Å². The molecule has 0 aliphatic carbocycles. The monoisotopic (exact) mass is 252 g/mol. The number of halogens is 1. The maximum absolute atomic E-state index is 6.03. The molecule has 0 saturated carbocycles. The normalized spacial score (nSPS) is 26.1. The summed E-state index contributed by atoms with van der Waals surface area (Å²) in [7, 11) is 0. The van der Waals surface area contributed by atoms with Gasteiger partial charge in [0.05, 0.1) is 0 Å². The summed E-state index contributed by atoms with van der Waals surface area (Å²) in [6.45, 7) is 6.78. The summed E-state index contributed by atoms with van der Waals surface area (Å²) in [6, 6.07) is 6.49. The van der Waals surface area contributed by atoms with E-state index in [-0.39, 0.29) is 0 Å². The topological polar surface area (TPSA) is 29.3 Å². The van der Waals surface area contributed by atoms with Crippen LogP contribution in [0.3, 0.4) is 0 Å². The van der Waals surface area contributed by atoms with Crippen LogP contribution in [-0.2, 0) is 6.54 Å². The minimum absolute atomic E-state index is 0.652. The molecule has 1 aromatic rings. The maximum atomic E-state index is 6.03. The van der Waals surface area contributed by atoms with Crippen LogP contribution < -0.4 is 5.73 Å². The van der Waals surface area contributed by atoms with Gasteiger partial charge in [-0.25, -0.2) is 0 Å². The Morgan fingerprint density at radius 1 is 1.35 bits per heavy atom. The average Bonchev–Trinajstić information content (AvgIpc) is 2.21. The van der Waals surface area contributed by atoms with Gasteiger partial charge in [0.15, 0.2) is 0 Å². The van der Waals surface area contributed by atoms with E-state index in [9.17, 15) is 0 Å². The van der Waals surface area contributed by atoms with E-state index in [1.165, 1.54) is 24.9 Å². The van der Waals surface area contributed by atoms with Gasteiger partial charge in [0.1, 0.15) is 0 Å². The summed E-state index contributed by atoms with van der Waals surface area (Å²) < 4.78 is 0. The largest absolute Gasteiger partial charge is 0.399 e. The van der Waals surface area contributed by atoms with Gasteiger partial charge in [-0.1, -0.05) is 18.5 Å². The van der Waals surface area contributed by atoms with Gasteiger partial charge in [-0.3, -0.25) is 4.90 Å². The van der Waals surface area contributed by atoms with Gasteiger partial charge in [0, 0.05) is 23.3 Å². The summed E-state index contributed by atoms with van der Waals surface area (Å²) in [5.74, 6) is 0.852. The number of rotatable bonds is 2. The van der Waals surface area contributed by atoms with Crippen molar-refractivity contribution in [3.63, 3.8) is 0 Å². The van der Waals surface area contributed by atoms with E-state index >= 15 is 0 Å². The van der Waals surface area contributed by atoms with E-state index in [1.54, 1.807) is 6.07 Å². The molecular formula is C14H21ClN2. The molecule has 1 fully saturated rings. The number of nitrogens with two attached hydrogens (primary N) is 1. The van der Waals surface area contributed by atoms with Crippen LogP contribution in [0, 0.1) is 5.92 Å². The van der Waals surface area contributed by atoms with Crippen molar-refractivity contribution >= 4 is 17.3 Å². The predicted octanol–water partition coefficient (Wildman–Crippen LogP) is 3.54. The molecule has 0 spiro atoms. The van der Waals surface area contributed by atoms with Crippen LogP contribution >= 0.6 is 11.6 Å². The SMILES string of the molecule is CC1CCN(Cc2cc(N)cc(Cl)c2)C(C)C1. The number of likely N-dealkylation sites (tertiary alicyclic amines) is 1.